The molecule has 0 amide bonds. The number of hydrogen-bond donors (Lipinski definition) is 1. The van der Waals surface area contributed by atoms with E-state index in [1.807, 2.05) is 0 Å². The first-order valence-electron chi connectivity index (χ1n) is 8.82. The number of rotatable bonds is 7. The van der Waals surface area contributed by atoms with E-state index < -0.39 is 0 Å². The standard InChI is InChI=1S/C18H33N3/c1-5-12-19-17(18(4)10-7-6-8-11-18)14-16-9-13-21(20-16)15(2)3/h9,13,15,17,19H,5-8,10-12,14H2,1-4H3. The maximum absolute atomic E-state index is 4.76. The van der Waals surface area contributed by atoms with Crippen molar-refractivity contribution in [2.75, 3.05) is 6.54 Å². The Morgan fingerprint density at radius 3 is 2.57 bits per heavy atom. The van der Waals surface area contributed by atoms with Crippen LogP contribution in [0, 0.1) is 5.41 Å². The molecule has 1 saturated carbocycles. The summed E-state index contributed by atoms with van der Waals surface area (Å²) in [5.74, 6) is 0. The summed E-state index contributed by atoms with van der Waals surface area (Å²) in [6, 6.07) is 3.21. The van der Waals surface area contributed by atoms with Crippen LogP contribution in [0.15, 0.2) is 12.3 Å². The average Bonchev–Trinajstić information content (AvgIpc) is 2.93. The quantitative estimate of drug-likeness (QED) is 0.809. The molecule has 1 atom stereocenters. The van der Waals surface area contributed by atoms with Crippen molar-refractivity contribution in [3.05, 3.63) is 18.0 Å². The monoisotopic (exact) mass is 291 g/mol. The van der Waals surface area contributed by atoms with Crippen molar-refractivity contribution >= 4 is 0 Å². The highest BCUT2D eigenvalue weighted by Crippen LogP contribution is 2.39. The summed E-state index contributed by atoms with van der Waals surface area (Å²) in [6.45, 7) is 10.2. The molecular formula is C18H33N3. The van der Waals surface area contributed by atoms with Crippen LogP contribution in [0.3, 0.4) is 0 Å². The van der Waals surface area contributed by atoms with E-state index >= 15 is 0 Å². The number of nitrogens with one attached hydrogen (secondary N) is 1. The molecule has 3 nitrogen and oxygen atoms in total. The molecule has 1 heterocycles. The van der Waals surface area contributed by atoms with E-state index in [0.717, 1.165) is 13.0 Å². The van der Waals surface area contributed by atoms with Crippen molar-refractivity contribution in [3.8, 4) is 0 Å². The van der Waals surface area contributed by atoms with Crippen molar-refractivity contribution < 1.29 is 0 Å². The Balaban J connectivity index is 2.07. The van der Waals surface area contributed by atoms with Gasteiger partial charge in [0.25, 0.3) is 0 Å². The van der Waals surface area contributed by atoms with Gasteiger partial charge in [0.2, 0.25) is 0 Å². The van der Waals surface area contributed by atoms with Gasteiger partial charge in [0.15, 0.2) is 0 Å². The van der Waals surface area contributed by atoms with Crippen LogP contribution in [0.5, 0.6) is 0 Å². The fourth-order valence-electron chi connectivity index (χ4n) is 3.57. The van der Waals surface area contributed by atoms with Gasteiger partial charge in [0, 0.05) is 24.7 Å². The third-order valence-electron chi connectivity index (χ3n) is 5.08. The summed E-state index contributed by atoms with van der Waals surface area (Å²) in [5.41, 5.74) is 1.68. The van der Waals surface area contributed by atoms with Crippen LogP contribution in [0.25, 0.3) is 0 Å². The molecule has 1 N–H and O–H groups in total. The number of nitrogens with zero attached hydrogens (tertiary/aromatic N) is 2. The van der Waals surface area contributed by atoms with Crippen LogP contribution in [0.1, 0.15) is 78.0 Å². The minimum atomic E-state index is 0.440. The first-order chi connectivity index (χ1) is 10.0. The lowest BCUT2D eigenvalue weighted by atomic mass is 9.69. The molecule has 0 radical (unpaired) electrons. The van der Waals surface area contributed by atoms with Gasteiger partial charge in [-0.05, 0) is 51.1 Å². The van der Waals surface area contributed by atoms with Crippen LogP contribution >= 0.6 is 0 Å². The van der Waals surface area contributed by atoms with Crippen molar-refractivity contribution in [3.63, 3.8) is 0 Å². The SMILES string of the molecule is CCCNC(Cc1ccn(C(C)C)n1)C1(C)CCCCC1. The van der Waals surface area contributed by atoms with Crippen LogP contribution in [0.4, 0.5) is 0 Å². The van der Waals surface area contributed by atoms with Gasteiger partial charge in [-0.15, -0.1) is 0 Å². The molecular weight excluding hydrogens is 258 g/mol. The van der Waals surface area contributed by atoms with E-state index in [9.17, 15) is 0 Å². The zero-order chi connectivity index (χ0) is 15.3. The van der Waals surface area contributed by atoms with Gasteiger partial charge in [0.1, 0.15) is 0 Å². The van der Waals surface area contributed by atoms with Crippen molar-refractivity contribution in [2.45, 2.75) is 84.7 Å². The van der Waals surface area contributed by atoms with Crippen LogP contribution in [-0.4, -0.2) is 22.4 Å². The number of hydrogen-bond acceptors (Lipinski definition) is 2. The predicted octanol–water partition coefficient (Wildman–Crippen LogP) is 4.35. The Morgan fingerprint density at radius 2 is 2.00 bits per heavy atom. The second kappa shape index (κ2) is 7.44. The topological polar surface area (TPSA) is 29.9 Å². The molecule has 2 rings (SSSR count). The molecule has 3 heteroatoms. The molecule has 0 spiro atoms. The Bertz CT molecular complexity index is 416. The molecule has 1 fully saturated rings. The minimum absolute atomic E-state index is 0.440. The summed E-state index contributed by atoms with van der Waals surface area (Å²) in [4.78, 5) is 0. The lowest BCUT2D eigenvalue weighted by Crippen LogP contribution is -2.46. The van der Waals surface area contributed by atoms with Crippen molar-refractivity contribution in [1.29, 1.82) is 0 Å². The Labute approximate surface area is 130 Å². The maximum Gasteiger partial charge on any atom is 0.0640 e. The van der Waals surface area contributed by atoms with Crippen LogP contribution < -0.4 is 5.32 Å². The van der Waals surface area contributed by atoms with Gasteiger partial charge in [-0.2, -0.15) is 5.10 Å². The third-order valence-corrected chi connectivity index (χ3v) is 5.08. The predicted molar refractivity (Wildman–Crippen MR) is 89.6 cm³/mol. The van der Waals surface area contributed by atoms with Gasteiger partial charge in [-0.1, -0.05) is 33.1 Å². The highest BCUT2D eigenvalue weighted by Gasteiger charge is 2.35. The molecule has 0 aliphatic heterocycles. The average molecular weight is 291 g/mol. The third kappa shape index (κ3) is 4.32. The highest BCUT2D eigenvalue weighted by molar-refractivity contribution is 5.05. The van der Waals surface area contributed by atoms with E-state index in [1.54, 1.807) is 0 Å². The zero-order valence-corrected chi connectivity index (χ0v) is 14.4. The van der Waals surface area contributed by atoms with E-state index in [1.165, 1.54) is 44.2 Å². The van der Waals surface area contributed by atoms with Gasteiger partial charge in [-0.25, -0.2) is 0 Å². The number of aromatic nitrogens is 2. The van der Waals surface area contributed by atoms with E-state index in [2.05, 4.69) is 50.0 Å². The minimum Gasteiger partial charge on any atom is -0.313 e. The van der Waals surface area contributed by atoms with E-state index in [-0.39, 0.29) is 0 Å². The molecule has 1 aliphatic carbocycles. The first kappa shape index (κ1) is 16.5. The van der Waals surface area contributed by atoms with Gasteiger partial charge in [0.05, 0.1) is 5.69 Å². The largest absolute Gasteiger partial charge is 0.313 e. The smallest absolute Gasteiger partial charge is 0.0640 e. The first-order valence-corrected chi connectivity index (χ1v) is 8.82. The van der Waals surface area contributed by atoms with Gasteiger partial charge < -0.3 is 5.32 Å². The Hall–Kier alpha value is -0.830. The van der Waals surface area contributed by atoms with E-state index in [0.29, 0.717) is 17.5 Å². The molecule has 1 aromatic rings. The van der Waals surface area contributed by atoms with Gasteiger partial charge >= 0.3 is 0 Å². The lowest BCUT2D eigenvalue weighted by molar-refractivity contribution is 0.142. The zero-order valence-electron chi connectivity index (χ0n) is 14.4. The molecule has 1 aromatic heterocycles. The summed E-state index contributed by atoms with van der Waals surface area (Å²) in [7, 11) is 0. The van der Waals surface area contributed by atoms with Crippen molar-refractivity contribution in [1.82, 2.24) is 15.1 Å². The van der Waals surface area contributed by atoms with Crippen LogP contribution in [0.2, 0.25) is 0 Å². The second-order valence-electron chi connectivity index (χ2n) is 7.31. The summed E-state index contributed by atoms with van der Waals surface area (Å²) in [6.07, 6.45) is 11.3. The molecule has 0 bridgehead atoms. The van der Waals surface area contributed by atoms with Gasteiger partial charge in [-0.3, -0.25) is 4.68 Å². The fourth-order valence-corrected chi connectivity index (χ4v) is 3.57. The fraction of sp³-hybridized carbons (Fsp3) is 0.833. The molecule has 0 saturated heterocycles. The Morgan fingerprint density at radius 1 is 1.29 bits per heavy atom. The molecule has 1 unspecified atom stereocenters. The molecule has 21 heavy (non-hydrogen) atoms. The lowest BCUT2D eigenvalue weighted by Gasteiger charge is -2.41. The normalized spacial score (nSPS) is 19.9. The van der Waals surface area contributed by atoms with Crippen molar-refractivity contribution in [2.24, 2.45) is 5.41 Å². The van der Waals surface area contributed by atoms with E-state index in [4.69, 9.17) is 5.10 Å². The maximum atomic E-state index is 4.76. The van der Waals surface area contributed by atoms with Crippen LogP contribution in [-0.2, 0) is 6.42 Å². The summed E-state index contributed by atoms with van der Waals surface area (Å²) >= 11 is 0. The summed E-state index contributed by atoms with van der Waals surface area (Å²) in [5, 5.41) is 8.58. The molecule has 0 aromatic carbocycles. The second-order valence-corrected chi connectivity index (χ2v) is 7.31. The highest BCUT2D eigenvalue weighted by atomic mass is 15.3. The Kier molecular flexibility index (Phi) is 5.86. The molecule has 1 aliphatic rings. The molecule has 120 valence electrons. The summed E-state index contributed by atoms with van der Waals surface area (Å²) < 4.78 is 2.08.